The van der Waals surface area contributed by atoms with Gasteiger partial charge in [0.2, 0.25) is 0 Å². The molecular formula is C9H17N2+. The Morgan fingerprint density at radius 1 is 1.64 bits per heavy atom. The predicted octanol–water partition coefficient (Wildman–Crippen LogP) is 1.12. The van der Waals surface area contributed by atoms with E-state index in [1.807, 2.05) is 0 Å². The van der Waals surface area contributed by atoms with Gasteiger partial charge in [0.15, 0.2) is 12.7 Å². The molecule has 0 radical (unpaired) electrons. The number of hydrogen-bond donors (Lipinski definition) is 1. The summed E-state index contributed by atoms with van der Waals surface area (Å²) in [5, 5.41) is 0. The van der Waals surface area contributed by atoms with Crippen LogP contribution in [0.5, 0.6) is 0 Å². The predicted molar refractivity (Wildman–Crippen MR) is 47.9 cm³/mol. The van der Waals surface area contributed by atoms with Gasteiger partial charge < -0.3 is 5.73 Å². The van der Waals surface area contributed by atoms with Gasteiger partial charge >= 0.3 is 0 Å². The Labute approximate surface area is 68.4 Å². The van der Waals surface area contributed by atoms with Gasteiger partial charge in [0.25, 0.3) is 0 Å². The highest BCUT2D eigenvalue weighted by Crippen LogP contribution is 2.12. The van der Waals surface area contributed by atoms with E-state index >= 15 is 0 Å². The second-order valence-electron chi connectivity index (χ2n) is 2.95. The van der Waals surface area contributed by atoms with Gasteiger partial charge in [0.05, 0.1) is 13.0 Å². The van der Waals surface area contributed by atoms with Crippen LogP contribution in [0.2, 0.25) is 0 Å². The molecule has 2 nitrogen and oxygen atoms in total. The van der Waals surface area contributed by atoms with Gasteiger partial charge in [-0.05, 0) is 6.42 Å². The number of nitrogens with zero attached hydrogens (tertiary/aromatic N) is 1. The highest BCUT2D eigenvalue weighted by molar-refractivity contribution is 5.58. The van der Waals surface area contributed by atoms with Crippen LogP contribution in [0.15, 0.2) is 11.8 Å². The molecule has 0 aromatic heterocycles. The van der Waals surface area contributed by atoms with E-state index in [0.29, 0.717) is 0 Å². The van der Waals surface area contributed by atoms with E-state index in [2.05, 4.69) is 23.9 Å². The maximum absolute atomic E-state index is 5.44. The summed E-state index contributed by atoms with van der Waals surface area (Å²) in [6.07, 6.45) is 8.07. The van der Waals surface area contributed by atoms with Gasteiger partial charge in [-0.25, -0.2) is 4.58 Å². The van der Waals surface area contributed by atoms with Crippen LogP contribution in [0.4, 0.5) is 0 Å². The van der Waals surface area contributed by atoms with Gasteiger partial charge in [-0.1, -0.05) is 13.3 Å². The standard InChI is InChI=1S/C9H17N2/c1-2-3-9-4-6-11(8-9)7-5-10/h6,8H,2-5,7,10H2,1H3/q+1. The van der Waals surface area contributed by atoms with E-state index in [-0.39, 0.29) is 0 Å². The highest BCUT2D eigenvalue weighted by atomic mass is 15.0. The molecule has 0 spiro atoms. The minimum atomic E-state index is 0.742. The van der Waals surface area contributed by atoms with E-state index in [1.165, 1.54) is 12.8 Å². The summed E-state index contributed by atoms with van der Waals surface area (Å²) in [7, 11) is 0. The first-order valence-corrected chi connectivity index (χ1v) is 4.35. The second kappa shape index (κ2) is 4.29. The Balaban J connectivity index is 2.36. The lowest BCUT2D eigenvalue weighted by Gasteiger charge is -1.90. The molecule has 1 aliphatic heterocycles. The second-order valence-corrected chi connectivity index (χ2v) is 2.95. The van der Waals surface area contributed by atoms with Crippen LogP contribution in [0.3, 0.4) is 0 Å². The molecule has 11 heavy (non-hydrogen) atoms. The molecule has 0 amide bonds. The number of allylic oxidation sites excluding steroid dienone is 1. The van der Waals surface area contributed by atoms with Gasteiger partial charge in [0.1, 0.15) is 6.21 Å². The van der Waals surface area contributed by atoms with Crippen molar-refractivity contribution in [1.29, 1.82) is 0 Å². The normalized spacial score (nSPS) is 16.5. The maximum atomic E-state index is 5.44. The minimum absolute atomic E-state index is 0.742. The number of nitrogens with two attached hydrogens (primary N) is 1. The fourth-order valence-electron chi connectivity index (χ4n) is 1.37. The highest BCUT2D eigenvalue weighted by Gasteiger charge is 2.10. The molecular weight excluding hydrogens is 136 g/mol. The van der Waals surface area contributed by atoms with Crippen molar-refractivity contribution in [3.63, 3.8) is 0 Å². The topological polar surface area (TPSA) is 29.0 Å². The van der Waals surface area contributed by atoms with Gasteiger partial charge in [0, 0.05) is 5.57 Å². The molecule has 1 rings (SSSR count). The average Bonchev–Trinajstić information content (AvgIpc) is 2.38. The van der Waals surface area contributed by atoms with Crippen molar-refractivity contribution in [2.45, 2.75) is 26.2 Å². The van der Waals surface area contributed by atoms with Gasteiger partial charge in [-0.2, -0.15) is 0 Å². The molecule has 0 saturated carbocycles. The molecule has 0 atom stereocenters. The van der Waals surface area contributed by atoms with Crippen molar-refractivity contribution in [2.75, 3.05) is 13.1 Å². The molecule has 0 saturated heterocycles. The lowest BCUT2D eigenvalue weighted by atomic mass is 10.1. The largest absolute Gasteiger partial charge is 0.325 e. The molecule has 0 fully saturated rings. The third-order valence-corrected chi connectivity index (χ3v) is 1.89. The van der Waals surface area contributed by atoms with Crippen molar-refractivity contribution in [1.82, 2.24) is 0 Å². The van der Waals surface area contributed by atoms with E-state index < -0.39 is 0 Å². The van der Waals surface area contributed by atoms with Crippen LogP contribution in [-0.4, -0.2) is 23.9 Å². The zero-order valence-electron chi connectivity index (χ0n) is 7.21. The molecule has 0 aliphatic carbocycles. The fraction of sp³-hybridized carbons (Fsp3) is 0.667. The third-order valence-electron chi connectivity index (χ3n) is 1.89. The summed E-state index contributed by atoms with van der Waals surface area (Å²) in [6, 6.07) is 0. The first-order chi connectivity index (χ1) is 5.36. The summed E-state index contributed by atoms with van der Waals surface area (Å²) in [4.78, 5) is 0. The van der Waals surface area contributed by atoms with Crippen LogP contribution in [0, 0.1) is 0 Å². The Morgan fingerprint density at radius 2 is 2.45 bits per heavy atom. The molecule has 0 unspecified atom stereocenters. The quantitative estimate of drug-likeness (QED) is 0.602. The van der Waals surface area contributed by atoms with Crippen LogP contribution >= 0.6 is 0 Å². The lowest BCUT2D eigenvalue weighted by Crippen LogP contribution is -2.14. The monoisotopic (exact) mass is 153 g/mol. The SMILES string of the molecule is CCCC1=C[N+](CCN)=CC1. The van der Waals surface area contributed by atoms with Gasteiger partial charge in [-0.15, -0.1) is 0 Å². The third kappa shape index (κ3) is 2.46. The van der Waals surface area contributed by atoms with Crippen molar-refractivity contribution < 1.29 is 4.58 Å². The number of hydrogen-bond acceptors (Lipinski definition) is 1. The smallest absolute Gasteiger partial charge is 0.168 e. The zero-order chi connectivity index (χ0) is 8.10. The van der Waals surface area contributed by atoms with Crippen LogP contribution < -0.4 is 5.73 Å². The Morgan fingerprint density at radius 3 is 3.09 bits per heavy atom. The molecule has 0 aromatic carbocycles. The summed E-state index contributed by atoms with van der Waals surface area (Å²) >= 11 is 0. The fourth-order valence-corrected chi connectivity index (χ4v) is 1.37. The first-order valence-electron chi connectivity index (χ1n) is 4.35. The summed E-state index contributed by atoms with van der Waals surface area (Å²) in [6.45, 7) is 3.92. The van der Waals surface area contributed by atoms with Crippen LogP contribution in [0.25, 0.3) is 0 Å². The van der Waals surface area contributed by atoms with E-state index in [1.54, 1.807) is 5.57 Å². The van der Waals surface area contributed by atoms with Gasteiger partial charge in [-0.3, -0.25) is 0 Å². The van der Waals surface area contributed by atoms with Crippen LogP contribution in [0.1, 0.15) is 26.2 Å². The van der Waals surface area contributed by atoms with Crippen molar-refractivity contribution >= 4 is 6.21 Å². The Bertz CT molecular complexity index is 180. The molecule has 1 aliphatic rings. The Kier molecular flexibility index (Phi) is 3.30. The molecule has 2 N–H and O–H groups in total. The summed E-state index contributed by atoms with van der Waals surface area (Å²) < 4.78 is 2.20. The number of rotatable bonds is 4. The van der Waals surface area contributed by atoms with E-state index in [4.69, 9.17) is 5.73 Å². The minimum Gasteiger partial charge on any atom is -0.325 e. The van der Waals surface area contributed by atoms with Crippen molar-refractivity contribution in [3.05, 3.63) is 11.8 Å². The Hall–Kier alpha value is -0.630. The molecule has 0 aromatic rings. The van der Waals surface area contributed by atoms with Crippen molar-refractivity contribution in [2.24, 2.45) is 5.73 Å². The first kappa shape index (κ1) is 8.47. The summed E-state index contributed by atoms with van der Waals surface area (Å²) in [5.74, 6) is 0. The van der Waals surface area contributed by atoms with E-state index in [9.17, 15) is 0 Å². The average molecular weight is 153 g/mol. The lowest BCUT2D eigenvalue weighted by molar-refractivity contribution is -0.446. The van der Waals surface area contributed by atoms with Crippen molar-refractivity contribution in [3.8, 4) is 0 Å². The van der Waals surface area contributed by atoms with E-state index in [0.717, 1.165) is 19.5 Å². The molecule has 2 heteroatoms. The molecule has 62 valence electrons. The maximum Gasteiger partial charge on any atom is 0.168 e. The molecule has 0 bridgehead atoms. The van der Waals surface area contributed by atoms with Crippen LogP contribution in [-0.2, 0) is 0 Å². The molecule has 1 heterocycles. The zero-order valence-corrected chi connectivity index (χ0v) is 7.21. The summed E-state index contributed by atoms with van der Waals surface area (Å²) in [5.41, 5.74) is 6.98.